The highest BCUT2D eigenvalue weighted by Crippen LogP contribution is 2.22. The topological polar surface area (TPSA) is 29.1 Å². The third kappa shape index (κ3) is 4.11. The van der Waals surface area contributed by atoms with Crippen LogP contribution in [0, 0.1) is 0 Å². The largest absolute Gasteiger partial charge is 0.346 e. The number of amides is 1. The van der Waals surface area contributed by atoms with Gasteiger partial charge < -0.3 is 5.32 Å². The molecule has 116 valence electrons. The number of rotatable bonds is 3. The van der Waals surface area contributed by atoms with Crippen LogP contribution in [0.5, 0.6) is 0 Å². The minimum absolute atomic E-state index is 0.0629. The van der Waals surface area contributed by atoms with Gasteiger partial charge in [0.05, 0.1) is 6.04 Å². The molecule has 0 aliphatic heterocycles. The molecule has 0 aromatic heterocycles. The molecule has 0 aliphatic rings. The van der Waals surface area contributed by atoms with E-state index in [2.05, 4.69) is 26.1 Å². The van der Waals surface area contributed by atoms with Gasteiger partial charge in [0.1, 0.15) is 0 Å². The highest BCUT2D eigenvalue weighted by Gasteiger charge is 2.15. The summed E-state index contributed by atoms with van der Waals surface area (Å²) in [7, 11) is 0. The Hall–Kier alpha value is -1.80. The van der Waals surface area contributed by atoms with E-state index in [1.807, 2.05) is 55.5 Å². The van der Waals surface area contributed by atoms with Gasteiger partial charge in [0, 0.05) is 10.6 Å². The Bertz CT molecular complexity index is 639. The van der Waals surface area contributed by atoms with Crippen LogP contribution in [0.15, 0.2) is 48.5 Å². The average molecular weight is 316 g/mol. The second-order valence-electron chi connectivity index (χ2n) is 6.57. The van der Waals surface area contributed by atoms with Crippen molar-refractivity contribution in [2.45, 2.75) is 39.2 Å². The number of hydrogen-bond donors (Lipinski definition) is 1. The van der Waals surface area contributed by atoms with Crippen LogP contribution in [-0.4, -0.2) is 5.91 Å². The van der Waals surface area contributed by atoms with Crippen LogP contribution in [0.2, 0.25) is 5.02 Å². The highest BCUT2D eigenvalue weighted by molar-refractivity contribution is 6.30. The molecule has 2 rings (SSSR count). The Balaban J connectivity index is 2.07. The molecule has 0 aliphatic carbocycles. The van der Waals surface area contributed by atoms with E-state index in [-0.39, 0.29) is 17.4 Å². The number of halogens is 1. The Morgan fingerprint density at radius 1 is 1.00 bits per heavy atom. The van der Waals surface area contributed by atoms with Crippen molar-refractivity contribution in [2.75, 3.05) is 0 Å². The molecule has 1 atom stereocenters. The predicted octanol–water partition coefficient (Wildman–Crippen LogP) is 5.13. The van der Waals surface area contributed by atoms with Crippen LogP contribution in [0.25, 0.3) is 0 Å². The summed E-state index contributed by atoms with van der Waals surface area (Å²) in [5.74, 6) is -0.0668. The third-order valence-electron chi connectivity index (χ3n) is 3.73. The van der Waals surface area contributed by atoms with Crippen LogP contribution in [0.1, 0.15) is 55.2 Å². The van der Waals surface area contributed by atoms with Gasteiger partial charge >= 0.3 is 0 Å². The Kier molecular flexibility index (Phi) is 4.92. The maximum Gasteiger partial charge on any atom is 0.251 e. The first-order valence-electron chi connectivity index (χ1n) is 7.44. The van der Waals surface area contributed by atoms with E-state index in [1.54, 1.807) is 0 Å². The minimum atomic E-state index is -0.0668. The second kappa shape index (κ2) is 6.53. The molecule has 0 saturated heterocycles. The lowest BCUT2D eigenvalue weighted by molar-refractivity contribution is 0.0940. The van der Waals surface area contributed by atoms with E-state index in [9.17, 15) is 4.79 Å². The van der Waals surface area contributed by atoms with Gasteiger partial charge in [-0.3, -0.25) is 4.79 Å². The summed E-state index contributed by atoms with van der Waals surface area (Å²) in [6.45, 7) is 8.44. The van der Waals surface area contributed by atoms with Crippen molar-refractivity contribution in [3.05, 3.63) is 70.2 Å². The average Bonchev–Trinajstić information content (AvgIpc) is 2.47. The molecule has 2 nitrogen and oxygen atoms in total. The van der Waals surface area contributed by atoms with Crippen molar-refractivity contribution in [1.82, 2.24) is 5.32 Å². The first-order valence-corrected chi connectivity index (χ1v) is 7.82. The first kappa shape index (κ1) is 16.6. The minimum Gasteiger partial charge on any atom is -0.346 e. The summed E-state index contributed by atoms with van der Waals surface area (Å²) in [5, 5.41) is 3.70. The zero-order valence-corrected chi connectivity index (χ0v) is 14.2. The summed E-state index contributed by atoms with van der Waals surface area (Å²) >= 11 is 5.88. The van der Waals surface area contributed by atoms with Crippen molar-refractivity contribution < 1.29 is 4.79 Å². The third-order valence-corrected chi connectivity index (χ3v) is 3.98. The molecule has 22 heavy (non-hydrogen) atoms. The standard InChI is InChI=1S/C19H22ClNO/c1-13(14-7-11-17(20)12-8-14)21-18(22)15-5-9-16(10-6-15)19(2,3)4/h5-13H,1-4H3,(H,21,22)/t13-/m0/s1. The second-order valence-corrected chi connectivity index (χ2v) is 7.01. The summed E-state index contributed by atoms with van der Waals surface area (Å²) in [6.07, 6.45) is 0. The van der Waals surface area contributed by atoms with E-state index >= 15 is 0 Å². The molecule has 2 aromatic carbocycles. The summed E-state index contributed by atoms with van der Waals surface area (Å²) in [6, 6.07) is 15.2. The molecule has 0 spiro atoms. The van der Waals surface area contributed by atoms with Crippen LogP contribution in [0.4, 0.5) is 0 Å². The van der Waals surface area contributed by atoms with Gasteiger partial charge in [-0.25, -0.2) is 0 Å². The van der Waals surface area contributed by atoms with Gasteiger partial charge in [-0.05, 0) is 47.7 Å². The van der Waals surface area contributed by atoms with Gasteiger partial charge in [-0.2, -0.15) is 0 Å². The van der Waals surface area contributed by atoms with Crippen molar-refractivity contribution in [1.29, 1.82) is 0 Å². The zero-order chi connectivity index (χ0) is 16.3. The Labute approximate surface area is 137 Å². The molecule has 0 radical (unpaired) electrons. The maximum absolute atomic E-state index is 12.3. The summed E-state index contributed by atoms with van der Waals surface area (Å²) < 4.78 is 0. The first-order chi connectivity index (χ1) is 10.3. The fourth-order valence-corrected chi connectivity index (χ4v) is 2.36. The van der Waals surface area contributed by atoms with Gasteiger partial charge in [-0.1, -0.05) is 56.6 Å². The highest BCUT2D eigenvalue weighted by atomic mass is 35.5. The van der Waals surface area contributed by atoms with Crippen molar-refractivity contribution >= 4 is 17.5 Å². The Morgan fingerprint density at radius 2 is 1.55 bits per heavy atom. The quantitative estimate of drug-likeness (QED) is 0.836. The smallest absolute Gasteiger partial charge is 0.251 e. The van der Waals surface area contributed by atoms with Gasteiger partial charge in [-0.15, -0.1) is 0 Å². The number of benzene rings is 2. The number of hydrogen-bond acceptors (Lipinski definition) is 1. The SMILES string of the molecule is C[C@H](NC(=O)c1ccc(C(C)(C)C)cc1)c1ccc(Cl)cc1. The lowest BCUT2D eigenvalue weighted by Crippen LogP contribution is -2.26. The predicted molar refractivity (Wildman–Crippen MR) is 92.5 cm³/mol. The molecule has 1 N–H and O–H groups in total. The van der Waals surface area contributed by atoms with E-state index in [0.29, 0.717) is 10.6 Å². The zero-order valence-electron chi connectivity index (χ0n) is 13.5. The van der Waals surface area contributed by atoms with Crippen molar-refractivity contribution in [3.8, 4) is 0 Å². The summed E-state index contributed by atoms with van der Waals surface area (Å²) in [4.78, 5) is 12.3. The number of carbonyl (C=O) groups excluding carboxylic acids is 1. The fourth-order valence-electron chi connectivity index (χ4n) is 2.24. The number of nitrogens with one attached hydrogen (secondary N) is 1. The van der Waals surface area contributed by atoms with Gasteiger partial charge in [0.15, 0.2) is 0 Å². The lowest BCUT2D eigenvalue weighted by atomic mass is 9.86. The molecular weight excluding hydrogens is 294 g/mol. The molecule has 0 saturated carbocycles. The molecule has 2 aromatic rings. The van der Waals surface area contributed by atoms with Crippen LogP contribution >= 0.6 is 11.6 Å². The van der Waals surface area contributed by atoms with Crippen LogP contribution in [0.3, 0.4) is 0 Å². The van der Waals surface area contributed by atoms with Crippen LogP contribution < -0.4 is 5.32 Å². The van der Waals surface area contributed by atoms with Crippen LogP contribution in [-0.2, 0) is 5.41 Å². The monoisotopic (exact) mass is 315 g/mol. The number of carbonyl (C=O) groups is 1. The van der Waals surface area contributed by atoms with E-state index in [1.165, 1.54) is 5.56 Å². The molecule has 0 heterocycles. The van der Waals surface area contributed by atoms with Gasteiger partial charge in [0.2, 0.25) is 0 Å². The molecule has 0 bridgehead atoms. The fraction of sp³-hybridized carbons (Fsp3) is 0.316. The Morgan fingerprint density at radius 3 is 2.05 bits per heavy atom. The molecule has 1 amide bonds. The van der Waals surface area contributed by atoms with E-state index < -0.39 is 0 Å². The maximum atomic E-state index is 12.3. The molecule has 0 unspecified atom stereocenters. The normalized spacial score (nSPS) is 12.8. The lowest BCUT2D eigenvalue weighted by Gasteiger charge is -2.19. The van der Waals surface area contributed by atoms with Gasteiger partial charge in [0.25, 0.3) is 5.91 Å². The van der Waals surface area contributed by atoms with E-state index in [0.717, 1.165) is 5.56 Å². The van der Waals surface area contributed by atoms with Crippen molar-refractivity contribution in [3.63, 3.8) is 0 Å². The van der Waals surface area contributed by atoms with E-state index in [4.69, 9.17) is 11.6 Å². The summed E-state index contributed by atoms with van der Waals surface area (Å²) in [5.41, 5.74) is 3.01. The molecule has 0 fully saturated rings. The molecule has 3 heteroatoms. The molecular formula is C19H22ClNO. The van der Waals surface area contributed by atoms with Crippen molar-refractivity contribution in [2.24, 2.45) is 0 Å².